The number of allylic oxidation sites excluding steroid dienone is 1. The molecule has 2 aromatic rings. The zero-order valence-electron chi connectivity index (χ0n) is 11.3. The number of aryl methyl sites for hydroxylation is 1. The molecule has 0 fully saturated rings. The summed E-state index contributed by atoms with van der Waals surface area (Å²) in [5.74, 6) is -0.158. The van der Waals surface area contributed by atoms with E-state index < -0.39 is 5.91 Å². The number of carbonyl (C=O) groups is 2. The van der Waals surface area contributed by atoms with Crippen LogP contribution in [0.15, 0.2) is 59.2 Å². The number of carbonyl (C=O) groups excluding carboxylic acids is 2. The first-order valence-electron chi connectivity index (χ1n) is 6.26. The van der Waals surface area contributed by atoms with Gasteiger partial charge in [-0.05, 0) is 55.0 Å². The lowest BCUT2D eigenvalue weighted by Crippen LogP contribution is -2.10. The van der Waals surface area contributed by atoms with E-state index in [1.165, 1.54) is 12.2 Å². The minimum atomic E-state index is -0.390. The number of hydrogen-bond donors (Lipinski definition) is 1. The minimum absolute atomic E-state index is 0.227. The average molecular weight is 345 g/mol. The number of ketones is 1. The van der Waals surface area contributed by atoms with Gasteiger partial charge < -0.3 is 5.32 Å². The summed E-state index contributed by atoms with van der Waals surface area (Å²) in [6.07, 6.45) is 4.06. The first-order valence-corrected chi connectivity index (χ1v) is 7.05. The number of pyridine rings is 1. The van der Waals surface area contributed by atoms with Crippen molar-refractivity contribution in [3.63, 3.8) is 0 Å². The van der Waals surface area contributed by atoms with Crippen LogP contribution >= 0.6 is 15.9 Å². The first-order chi connectivity index (χ1) is 10.0. The Kier molecular flexibility index (Phi) is 5.00. The van der Waals surface area contributed by atoms with E-state index in [1.807, 2.05) is 13.0 Å². The lowest BCUT2D eigenvalue weighted by Gasteiger charge is -2.01. The van der Waals surface area contributed by atoms with Crippen molar-refractivity contribution < 1.29 is 9.59 Å². The quantitative estimate of drug-likeness (QED) is 0.681. The molecule has 1 aromatic heterocycles. The Labute approximate surface area is 131 Å². The molecule has 1 N–H and O–H groups in total. The zero-order valence-corrected chi connectivity index (χ0v) is 12.9. The molecule has 0 aliphatic rings. The van der Waals surface area contributed by atoms with Gasteiger partial charge in [-0.25, -0.2) is 4.98 Å². The fourth-order valence-corrected chi connectivity index (χ4v) is 1.90. The lowest BCUT2D eigenvalue weighted by molar-refractivity contribution is -0.111. The van der Waals surface area contributed by atoms with Crippen molar-refractivity contribution in [2.45, 2.75) is 6.92 Å². The molecule has 0 radical (unpaired) electrons. The van der Waals surface area contributed by atoms with Crippen molar-refractivity contribution in [1.29, 1.82) is 0 Å². The van der Waals surface area contributed by atoms with E-state index in [1.54, 1.807) is 36.5 Å². The molecule has 2 rings (SSSR count). The summed E-state index contributed by atoms with van der Waals surface area (Å²) in [4.78, 5) is 27.6. The van der Waals surface area contributed by atoms with Crippen molar-refractivity contribution in [1.82, 2.24) is 4.98 Å². The molecule has 21 heavy (non-hydrogen) atoms. The SMILES string of the molecule is Cc1ccnc(NC(=O)/C=C/C(=O)c2ccc(Br)cc2)c1. The number of rotatable bonds is 4. The molecular formula is C16H13BrN2O2. The number of nitrogens with one attached hydrogen (secondary N) is 1. The predicted octanol–water partition coefficient (Wildman–Crippen LogP) is 3.53. The standard InChI is InChI=1S/C16H13BrN2O2/c1-11-8-9-18-15(10-11)19-16(21)7-6-14(20)12-2-4-13(17)5-3-12/h2-10H,1H3,(H,18,19,21)/b7-6+. The topological polar surface area (TPSA) is 59.1 Å². The van der Waals surface area contributed by atoms with Crippen LogP contribution in [0, 0.1) is 6.92 Å². The van der Waals surface area contributed by atoms with Crippen LogP contribution in [-0.4, -0.2) is 16.7 Å². The Bertz CT molecular complexity index is 694. The van der Waals surface area contributed by atoms with Gasteiger partial charge in [-0.3, -0.25) is 9.59 Å². The van der Waals surface area contributed by atoms with Gasteiger partial charge in [-0.2, -0.15) is 0 Å². The Balaban J connectivity index is 1.98. The van der Waals surface area contributed by atoms with Gasteiger partial charge in [0.2, 0.25) is 5.91 Å². The number of benzene rings is 1. The highest BCUT2D eigenvalue weighted by Gasteiger charge is 2.03. The highest BCUT2D eigenvalue weighted by atomic mass is 79.9. The van der Waals surface area contributed by atoms with E-state index in [0.717, 1.165) is 10.0 Å². The molecule has 4 nitrogen and oxygen atoms in total. The molecule has 5 heteroatoms. The Morgan fingerprint density at radius 2 is 1.86 bits per heavy atom. The van der Waals surface area contributed by atoms with Crippen LogP contribution in [0.25, 0.3) is 0 Å². The van der Waals surface area contributed by atoms with Gasteiger partial charge in [0.05, 0.1) is 0 Å². The van der Waals surface area contributed by atoms with Gasteiger partial charge in [0.25, 0.3) is 0 Å². The van der Waals surface area contributed by atoms with Gasteiger partial charge >= 0.3 is 0 Å². The number of hydrogen-bond acceptors (Lipinski definition) is 3. The molecular weight excluding hydrogens is 332 g/mol. The van der Waals surface area contributed by atoms with E-state index in [-0.39, 0.29) is 5.78 Å². The summed E-state index contributed by atoms with van der Waals surface area (Å²) in [7, 11) is 0. The van der Waals surface area contributed by atoms with Crippen LogP contribution in [0.5, 0.6) is 0 Å². The van der Waals surface area contributed by atoms with Crippen LogP contribution in [-0.2, 0) is 4.79 Å². The number of anilines is 1. The molecule has 1 amide bonds. The third-order valence-corrected chi connectivity index (χ3v) is 3.21. The van der Waals surface area contributed by atoms with Crippen LogP contribution < -0.4 is 5.32 Å². The summed E-state index contributed by atoms with van der Waals surface area (Å²) in [6, 6.07) is 10.5. The first kappa shape index (κ1) is 15.1. The van der Waals surface area contributed by atoms with E-state index in [9.17, 15) is 9.59 Å². The highest BCUT2D eigenvalue weighted by Crippen LogP contribution is 2.11. The second-order valence-electron chi connectivity index (χ2n) is 4.41. The summed E-state index contributed by atoms with van der Waals surface area (Å²) in [5, 5.41) is 2.60. The minimum Gasteiger partial charge on any atom is -0.307 e. The average Bonchev–Trinajstić information content (AvgIpc) is 2.45. The fourth-order valence-electron chi connectivity index (χ4n) is 1.63. The summed E-state index contributed by atoms with van der Waals surface area (Å²) >= 11 is 3.30. The maximum atomic E-state index is 11.9. The monoisotopic (exact) mass is 344 g/mol. The molecule has 0 bridgehead atoms. The number of halogens is 1. The van der Waals surface area contributed by atoms with Crippen molar-refractivity contribution in [3.8, 4) is 0 Å². The summed E-state index contributed by atoms with van der Waals surface area (Å²) < 4.78 is 0.895. The summed E-state index contributed by atoms with van der Waals surface area (Å²) in [6.45, 7) is 1.91. The number of nitrogens with zero attached hydrogens (tertiary/aromatic N) is 1. The van der Waals surface area contributed by atoms with Crippen LogP contribution in [0.3, 0.4) is 0 Å². The van der Waals surface area contributed by atoms with Crippen molar-refractivity contribution in [2.24, 2.45) is 0 Å². The Morgan fingerprint density at radius 1 is 1.14 bits per heavy atom. The van der Waals surface area contributed by atoms with Gasteiger partial charge in [0.15, 0.2) is 5.78 Å². The third kappa shape index (κ3) is 4.65. The maximum absolute atomic E-state index is 11.9. The normalized spacial score (nSPS) is 10.6. The highest BCUT2D eigenvalue weighted by molar-refractivity contribution is 9.10. The molecule has 0 spiro atoms. The number of aromatic nitrogens is 1. The molecule has 1 heterocycles. The van der Waals surface area contributed by atoms with E-state index in [0.29, 0.717) is 11.4 Å². The number of amides is 1. The van der Waals surface area contributed by atoms with E-state index in [2.05, 4.69) is 26.2 Å². The van der Waals surface area contributed by atoms with Gasteiger partial charge in [0.1, 0.15) is 5.82 Å². The summed E-state index contributed by atoms with van der Waals surface area (Å²) in [5.41, 5.74) is 1.52. The predicted molar refractivity (Wildman–Crippen MR) is 85.2 cm³/mol. The second-order valence-corrected chi connectivity index (χ2v) is 5.33. The van der Waals surface area contributed by atoms with Crippen LogP contribution in [0.1, 0.15) is 15.9 Å². The molecule has 0 saturated heterocycles. The van der Waals surface area contributed by atoms with Gasteiger partial charge in [0, 0.05) is 22.3 Å². The smallest absolute Gasteiger partial charge is 0.249 e. The molecule has 0 aliphatic carbocycles. The van der Waals surface area contributed by atoms with Gasteiger partial charge in [-0.15, -0.1) is 0 Å². The zero-order chi connectivity index (χ0) is 15.2. The van der Waals surface area contributed by atoms with Gasteiger partial charge in [-0.1, -0.05) is 15.9 Å². The largest absolute Gasteiger partial charge is 0.307 e. The van der Waals surface area contributed by atoms with E-state index in [4.69, 9.17) is 0 Å². The van der Waals surface area contributed by atoms with Crippen molar-refractivity contribution in [3.05, 3.63) is 70.3 Å². The van der Waals surface area contributed by atoms with Crippen LogP contribution in [0.4, 0.5) is 5.82 Å². The molecule has 0 unspecified atom stereocenters. The fraction of sp³-hybridized carbons (Fsp3) is 0.0625. The van der Waals surface area contributed by atoms with Crippen LogP contribution in [0.2, 0.25) is 0 Å². The molecule has 106 valence electrons. The lowest BCUT2D eigenvalue weighted by atomic mass is 10.1. The maximum Gasteiger partial charge on any atom is 0.249 e. The molecule has 0 saturated carbocycles. The second kappa shape index (κ2) is 6.95. The van der Waals surface area contributed by atoms with Crippen molar-refractivity contribution in [2.75, 3.05) is 5.32 Å². The third-order valence-electron chi connectivity index (χ3n) is 2.68. The molecule has 1 aromatic carbocycles. The van der Waals surface area contributed by atoms with E-state index >= 15 is 0 Å². The Morgan fingerprint density at radius 3 is 2.52 bits per heavy atom. The Hall–Kier alpha value is -2.27. The molecule has 0 atom stereocenters. The van der Waals surface area contributed by atoms with Crippen molar-refractivity contribution >= 4 is 33.4 Å². The molecule has 0 aliphatic heterocycles.